The summed E-state index contributed by atoms with van der Waals surface area (Å²) >= 11 is 2.19. The van der Waals surface area contributed by atoms with Gasteiger partial charge in [0, 0.05) is 17.2 Å². The first-order chi connectivity index (χ1) is 7.66. The average molecular weight is 332 g/mol. The maximum Gasteiger partial charge on any atom is 0.254 e. The number of nitrogens with one attached hydrogen (secondary N) is 1. The van der Waals surface area contributed by atoms with Gasteiger partial charge in [-0.05, 0) is 54.7 Å². The molecule has 0 aliphatic heterocycles. The standard InChI is InChI=1S/C12H17IN2O/c1-14-8-5-9-15(2)12(16)10-6-3-4-7-11(10)13/h3-4,6-7,14H,5,8-9H2,1-2H3. The van der Waals surface area contributed by atoms with Crippen LogP contribution in [0.4, 0.5) is 0 Å². The summed E-state index contributed by atoms with van der Waals surface area (Å²) in [5, 5.41) is 3.07. The first kappa shape index (κ1) is 13.4. The molecule has 16 heavy (non-hydrogen) atoms. The number of nitrogens with zero attached hydrogens (tertiary/aromatic N) is 1. The Balaban J connectivity index is 2.60. The minimum absolute atomic E-state index is 0.0982. The molecule has 0 bridgehead atoms. The van der Waals surface area contributed by atoms with Crippen LogP contribution in [0.3, 0.4) is 0 Å². The predicted octanol–water partition coefficient (Wildman–Crippen LogP) is 1.97. The van der Waals surface area contributed by atoms with Crippen LogP contribution in [-0.2, 0) is 0 Å². The van der Waals surface area contributed by atoms with Gasteiger partial charge < -0.3 is 10.2 Å². The van der Waals surface area contributed by atoms with Gasteiger partial charge in [0.2, 0.25) is 0 Å². The highest BCUT2D eigenvalue weighted by atomic mass is 127. The van der Waals surface area contributed by atoms with Gasteiger partial charge in [-0.2, -0.15) is 0 Å². The summed E-state index contributed by atoms with van der Waals surface area (Å²) < 4.78 is 1.01. The van der Waals surface area contributed by atoms with Gasteiger partial charge in [-0.25, -0.2) is 0 Å². The fourth-order valence-corrected chi connectivity index (χ4v) is 2.05. The van der Waals surface area contributed by atoms with Crippen molar-refractivity contribution in [2.45, 2.75) is 6.42 Å². The van der Waals surface area contributed by atoms with Crippen LogP contribution >= 0.6 is 22.6 Å². The second-order valence-corrected chi connectivity index (χ2v) is 4.83. The van der Waals surface area contributed by atoms with Crippen molar-refractivity contribution in [3.8, 4) is 0 Å². The molecule has 1 rings (SSSR count). The Bertz CT molecular complexity index is 355. The normalized spacial score (nSPS) is 10.2. The Morgan fingerprint density at radius 3 is 2.75 bits per heavy atom. The van der Waals surface area contributed by atoms with Crippen LogP contribution in [0.5, 0.6) is 0 Å². The Morgan fingerprint density at radius 1 is 1.44 bits per heavy atom. The molecule has 0 saturated carbocycles. The third-order valence-corrected chi connectivity index (χ3v) is 3.31. The Morgan fingerprint density at radius 2 is 2.12 bits per heavy atom. The highest BCUT2D eigenvalue weighted by molar-refractivity contribution is 14.1. The van der Waals surface area contributed by atoms with E-state index in [9.17, 15) is 4.79 Å². The lowest BCUT2D eigenvalue weighted by atomic mass is 10.2. The van der Waals surface area contributed by atoms with Gasteiger partial charge >= 0.3 is 0 Å². The molecule has 3 nitrogen and oxygen atoms in total. The zero-order valence-corrected chi connectivity index (χ0v) is 11.8. The summed E-state index contributed by atoms with van der Waals surface area (Å²) in [5.74, 6) is 0.0982. The smallest absolute Gasteiger partial charge is 0.254 e. The summed E-state index contributed by atoms with van der Waals surface area (Å²) in [6.07, 6.45) is 0.974. The van der Waals surface area contributed by atoms with Crippen LogP contribution in [0.2, 0.25) is 0 Å². The molecule has 0 unspecified atom stereocenters. The van der Waals surface area contributed by atoms with E-state index in [-0.39, 0.29) is 5.91 Å². The van der Waals surface area contributed by atoms with Crippen LogP contribution in [-0.4, -0.2) is 38.0 Å². The van der Waals surface area contributed by atoms with E-state index in [4.69, 9.17) is 0 Å². The van der Waals surface area contributed by atoms with E-state index in [2.05, 4.69) is 27.9 Å². The largest absolute Gasteiger partial charge is 0.342 e. The zero-order valence-electron chi connectivity index (χ0n) is 9.66. The van der Waals surface area contributed by atoms with Crippen LogP contribution in [0.1, 0.15) is 16.8 Å². The SMILES string of the molecule is CNCCCN(C)C(=O)c1ccccc1I. The molecule has 0 fully saturated rings. The number of carbonyl (C=O) groups excluding carboxylic acids is 1. The molecule has 0 spiro atoms. The Kier molecular flexibility index (Phi) is 5.76. The lowest BCUT2D eigenvalue weighted by Crippen LogP contribution is -2.29. The Hall–Kier alpha value is -0.620. The van der Waals surface area contributed by atoms with E-state index in [0.717, 1.165) is 28.6 Å². The minimum atomic E-state index is 0.0982. The fraction of sp³-hybridized carbons (Fsp3) is 0.417. The maximum absolute atomic E-state index is 12.1. The van der Waals surface area contributed by atoms with Crippen LogP contribution in [0, 0.1) is 3.57 Å². The van der Waals surface area contributed by atoms with Crippen molar-refractivity contribution in [3.63, 3.8) is 0 Å². The fourth-order valence-electron chi connectivity index (χ4n) is 1.43. The van der Waals surface area contributed by atoms with Crippen molar-refractivity contribution in [1.82, 2.24) is 10.2 Å². The zero-order chi connectivity index (χ0) is 12.0. The van der Waals surface area contributed by atoms with Crippen molar-refractivity contribution in [1.29, 1.82) is 0 Å². The molecule has 4 heteroatoms. The summed E-state index contributed by atoms with van der Waals surface area (Å²) in [6.45, 7) is 1.72. The molecule has 0 saturated heterocycles. The summed E-state index contributed by atoms with van der Waals surface area (Å²) in [5.41, 5.74) is 0.787. The summed E-state index contributed by atoms with van der Waals surface area (Å²) in [7, 11) is 3.77. The van der Waals surface area contributed by atoms with E-state index in [1.54, 1.807) is 4.90 Å². The van der Waals surface area contributed by atoms with Gasteiger partial charge in [-0.15, -0.1) is 0 Å². The highest BCUT2D eigenvalue weighted by Gasteiger charge is 2.13. The lowest BCUT2D eigenvalue weighted by Gasteiger charge is -2.17. The summed E-state index contributed by atoms with van der Waals surface area (Å²) in [4.78, 5) is 13.8. The van der Waals surface area contributed by atoms with E-state index in [1.807, 2.05) is 38.4 Å². The van der Waals surface area contributed by atoms with Gasteiger partial charge in [-0.3, -0.25) is 4.79 Å². The molecular weight excluding hydrogens is 315 g/mol. The molecule has 0 atom stereocenters. The van der Waals surface area contributed by atoms with Crippen LogP contribution in [0.15, 0.2) is 24.3 Å². The van der Waals surface area contributed by atoms with E-state index >= 15 is 0 Å². The monoisotopic (exact) mass is 332 g/mol. The first-order valence-electron chi connectivity index (χ1n) is 5.31. The second kappa shape index (κ2) is 6.85. The molecule has 0 aliphatic rings. The first-order valence-corrected chi connectivity index (χ1v) is 6.39. The molecule has 1 aromatic rings. The summed E-state index contributed by atoms with van der Waals surface area (Å²) in [6, 6.07) is 7.67. The molecule has 1 aromatic carbocycles. The number of amides is 1. The molecule has 88 valence electrons. The molecule has 0 aliphatic carbocycles. The number of rotatable bonds is 5. The van der Waals surface area contributed by atoms with Crippen LogP contribution < -0.4 is 5.32 Å². The van der Waals surface area contributed by atoms with Crippen molar-refractivity contribution < 1.29 is 4.79 Å². The second-order valence-electron chi connectivity index (χ2n) is 3.66. The number of carbonyl (C=O) groups is 1. The quantitative estimate of drug-likeness (QED) is 0.661. The number of hydrogen-bond acceptors (Lipinski definition) is 2. The molecule has 0 aromatic heterocycles. The van der Waals surface area contributed by atoms with Gasteiger partial charge in [0.1, 0.15) is 0 Å². The van der Waals surface area contributed by atoms with E-state index in [0.29, 0.717) is 0 Å². The van der Waals surface area contributed by atoms with E-state index < -0.39 is 0 Å². The van der Waals surface area contributed by atoms with Crippen molar-refractivity contribution in [2.24, 2.45) is 0 Å². The van der Waals surface area contributed by atoms with Gasteiger partial charge in [0.25, 0.3) is 5.91 Å². The van der Waals surface area contributed by atoms with Gasteiger partial charge in [0.15, 0.2) is 0 Å². The molecule has 0 heterocycles. The average Bonchev–Trinajstić information content (AvgIpc) is 2.29. The molecular formula is C12H17IN2O. The van der Waals surface area contributed by atoms with Crippen molar-refractivity contribution in [2.75, 3.05) is 27.2 Å². The molecule has 0 radical (unpaired) electrons. The molecule has 1 N–H and O–H groups in total. The van der Waals surface area contributed by atoms with Gasteiger partial charge in [-0.1, -0.05) is 12.1 Å². The lowest BCUT2D eigenvalue weighted by molar-refractivity contribution is 0.0792. The number of halogens is 1. The van der Waals surface area contributed by atoms with Crippen molar-refractivity contribution >= 4 is 28.5 Å². The predicted molar refractivity (Wildman–Crippen MR) is 74.7 cm³/mol. The maximum atomic E-state index is 12.1. The number of benzene rings is 1. The third kappa shape index (κ3) is 3.75. The Labute approximate surface area is 110 Å². The van der Waals surface area contributed by atoms with Crippen LogP contribution in [0.25, 0.3) is 0 Å². The minimum Gasteiger partial charge on any atom is -0.342 e. The topological polar surface area (TPSA) is 32.3 Å². The third-order valence-electron chi connectivity index (χ3n) is 2.37. The highest BCUT2D eigenvalue weighted by Crippen LogP contribution is 2.13. The van der Waals surface area contributed by atoms with Crippen molar-refractivity contribution in [3.05, 3.63) is 33.4 Å². The van der Waals surface area contributed by atoms with Gasteiger partial charge in [0.05, 0.1) is 5.56 Å². The van der Waals surface area contributed by atoms with E-state index in [1.165, 1.54) is 0 Å². The molecule has 1 amide bonds. The number of hydrogen-bond donors (Lipinski definition) is 1.